The summed E-state index contributed by atoms with van der Waals surface area (Å²) < 4.78 is 5.45. The van der Waals surface area contributed by atoms with Crippen LogP contribution in [0, 0.1) is 11.8 Å². The van der Waals surface area contributed by atoms with E-state index >= 15 is 0 Å². The molecule has 2 saturated carbocycles. The highest BCUT2D eigenvalue weighted by Crippen LogP contribution is 2.40. The molecule has 0 bridgehead atoms. The van der Waals surface area contributed by atoms with Gasteiger partial charge in [0.25, 0.3) is 0 Å². The van der Waals surface area contributed by atoms with Crippen molar-refractivity contribution >= 4 is 0 Å². The quantitative estimate of drug-likeness (QED) is 0.869. The minimum Gasteiger partial charge on any atom is -0.396 e. The zero-order valence-corrected chi connectivity index (χ0v) is 11.2. The van der Waals surface area contributed by atoms with E-state index < -0.39 is 0 Å². The zero-order valence-electron chi connectivity index (χ0n) is 11.2. The van der Waals surface area contributed by atoms with Gasteiger partial charge in [0.05, 0.1) is 5.92 Å². The summed E-state index contributed by atoms with van der Waals surface area (Å²) in [5.41, 5.74) is 0. The fourth-order valence-electron chi connectivity index (χ4n) is 3.15. The third-order valence-corrected chi connectivity index (χ3v) is 4.68. The molecule has 3 aliphatic rings. The lowest BCUT2D eigenvalue weighted by Crippen LogP contribution is -2.23. The van der Waals surface area contributed by atoms with Gasteiger partial charge in [-0.1, -0.05) is 5.16 Å². The Morgan fingerprint density at radius 2 is 2.05 bits per heavy atom. The molecule has 5 nitrogen and oxygen atoms in total. The first-order valence-corrected chi connectivity index (χ1v) is 7.50. The van der Waals surface area contributed by atoms with Crippen molar-refractivity contribution < 1.29 is 9.63 Å². The Labute approximate surface area is 113 Å². The van der Waals surface area contributed by atoms with Crippen LogP contribution in [-0.2, 0) is 0 Å². The SMILES string of the molecule is OC[C@@H]1CN(CC2CC2)C[C@H]1c1nc(C2CC2)no1. The van der Waals surface area contributed by atoms with Crippen LogP contribution in [0.15, 0.2) is 4.52 Å². The van der Waals surface area contributed by atoms with E-state index in [9.17, 15) is 5.11 Å². The van der Waals surface area contributed by atoms with E-state index in [1.54, 1.807) is 0 Å². The number of nitrogens with zero attached hydrogens (tertiary/aromatic N) is 3. The van der Waals surface area contributed by atoms with Crippen LogP contribution in [0.1, 0.15) is 49.2 Å². The summed E-state index contributed by atoms with van der Waals surface area (Å²) >= 11 is 0. The molecule has 0 radical (unpaired) electrons. The van der Waals surface area contributed by atoms with Crippen LogP contribution in [0.25, 0.3) is 0 Å². The predicted molar refractivity (Wildman–Crippen MR) is 68.8 cm³/mol. The molecule has 19 heavy (non-hydrogen) atoms. The first-order chi connectivity index (χ1) is 9.33. The fraction of sp³-hybridized carbons (Fsp3) is 0.857. The molecule has 4 rings (SSSR count). The molecule has 0 amide bonds. The van der Waals surface area contributed by atoms with Gasteiger partial charge >= 0.3 is 0 Å². The second-order valence-corrected chi connectivity index (χ2v) is 6.48. The Bertz CT molecular complexity index is 453. The van der Waals surface area contributed by atoms with Crippen molar-refractivity contribution in [1.82, 2.24) is 15.0 Å². The number of rotatable bonds is 5. The summed E-state index contributed by atoms with van der Waals surface area (Å²) in [6.45, 7) is 3.33. The molecule has 0 unspecified atom stereocenters. The smallest absolute Gasteiger partial charge is 0.231 e. The second-order valence-electron chi connectivity index (χ2n) is 6.48. The molecule has 0 aromatic carbocycles. The highest BCUT2D eigenvalue weighted by molar-refractivity contribution is 5.08. The predicted octanol–water partition coefficient (Wildman–Crippen LogP) is 1.36. The third kappa shape index (κ3) is 2.41. The average molecular weight is 263 g/mol. The monoisotopic (exact) mass is 263 g/mol. The summed E-state index contributed by atoms with van der Waals surface area (Å²) in [6, 6.07) is 0. The van der Waals surface area contributed by atoms with E-state index in [-0.39, 0.29) is 18.4 Å². The van der Waals surface area contributed by atoms with Crippen molar-refractivity contribution in [3.05, 3.63) is 11.7 Å². The summed E-state index contributed by atoms with van der Waals surface area (Å²) in [5.74, 6) is 3.54. The largest absolute Gasteiger partial charge is 0.396 e. The summed E-state index contributed by atoms with van der Waals surface area (Å²) in [6.07, 6.45) is 5.14. The first-order valence-electron chi connectivity index (χ1n) is 7.50. The van der Waals surface area contributed by atoms with Crippen LogP contribution < -0.4 is 0 Å². The van der Waals surface area contributed by atoms with Gasteiger partial charge in [-0.25, -0.2) is 0 Å². The molecule has 5 heteroatoms. The van der Waals surface area contributed by atoms with Gasteiger partial charge in [0.15, 0.2) is 5.82 Å². The first kappa shape index (κ1) is 11.9. The minimum absolute atomic E-state index is 0.215. The van der Waals surface area contributed by atoms with Gasteiger partial charge < -0.3 is 14.5 Å². The molecular weight excluding hydrogens is 242 g/mol. The lowest BCUT2D eigenvalue weighted by atomic mass is 9.97. The van der Waals surface area contributed by atoms with E-state index in [1.807, 2.05) is 0 Å². The summed E-state index contributed by atoms with van der Waals surface area (Å²) in [7, 11) is 0. The van der Waals surface area contributed by atoms with Crippen LogP contribution in [0.3, 0.4) is 0 Å². The van der Waals surface area contributed by atoms with Crippen molar-refractivity contribution in [2.45, 2.75) is 37.5 Å². The highest BCUT2D eigenvalue weighted by atomic mass is 16.5. The Morgan fingerprint density at radius 3 is 2.74 bits per heavy atom. The number of aromatic nitrogens is 2. The van der Waals surface area contributed by atoms with Gasteiger partial charge in [-0.2, -0.15) is 4.98 Å². The minimum atomic E-state index is 0.215. The van der Waals surface area contributed by atoms with Gasteiger partial charge in [0.1, 0.15) is 0 Å². The van der Waals surface area contributed by atoms with Crippen LogP contribution >= 0.6 is 0 Å². The van der Waals surface area contributed by atoms with Crippen molar-refractivity contribution in [3.8, 4) is 0 Å². The number of aliphatic hydroxyl groups excluding tert-OH is 1. The van der Waals surface area contributed by atoms with Crippen molar-refractivity contribution in [2.75, 3.05) is 26.2 Å². The number of hydrogen-bond acceptors (Lipinski definition) is 5. The van der Waals surface area contributed by atoms with Crippen LogP contribution in [0.4, 0.5) is 0 Å². The fourth-order valence-corrected chi connectivity index (χ4v) is 3.15. The van der Waals surface area contributed by atoms with Gasteiger partial charge in [-0.3, -0.25) is 0 Å². The lowest BCUT2D eigenvalue weighted by Gasteiger charge is -2.13. The van der Waals surface area contributed by atoms with Crippen molar-refractivity contribution in [3.63, 3.8) is 0 Å². The van der Waals surface area contributed by atoms with E-state index in [2.05, 4.69) is 15.0 Å². The maximum atomic E-state index is 9.58. The molecule has 1 N–H and O–H groups in total. The molecule has 104 valence electrons. The Kier molecular flexibility index (Phi) is 2.84. The van der Waals surface area contributed by atoms with Gasteiger partial charge in [-0.05, 0) is 31.6 Å². The Hall–Kier alpha value is -0.940. The van der Waals surface area contributed by atoms with Crippen molar-refractivity contribution in [2.24, 2.45) is 11.8 Å². The summed E-state index contributed by atoms with van der Waals surface area (Å²) in [4.78, 5) is 7.03. The molecule has 1 aromatic rings. The lowest BCUT2D eigenvalue weighted by molar-refractivity contribution is 0.205. The van der Waals surface area contributed by atoms with Gasteiger partial charge in [0.2, 0.25) is 5.89 Å². The number of hydrogen-bond donors (Lipinski definition) is 1. The topological polar surface area (TPSA) is 62.4 Å². The van der Waals surface area contributed by atoms with E-state index in [1.165, 1.54) is 32.2 Å². The maximum absolute atomic E-state index is 9.58. The molecule has 2 atom stereocenters. The maximum Gasteiger partial charge on any atom is 0.231 e. The molecular formula is C14H21N3O2. The Morgan fingerprint density at radius 1 is 1.21 bits per heavy atom. The van der Waals surface area contributed by atoms with Crippen LogP contribution in [-0.4, -0.2) is 46.4 Å². The molecule has 2 heterocycles. The molecule has 2 aliphatic carbocycles. The normalized spacial score (nSPS) is 32.1. The highest BCUT2D eigenvalue weighted by Gasteiger charge is 2.39. The Balaban J connectivity index is 1.47. The van der Waals surface area contributed by atoms with E-state index in [4.69, 9.17) is 4.52 Å². The van der Waals surface area contributed by atoms with Crippen molar-refractivity contribution in [1.29, 1.82) is 0 Å². The number of aliphatic hydroxyl groups is 1. The number of likely N-dealkylation sites (tertiary alicyclic amines) is 1. The third-order valence-electron chi connectivity index (χ3n) is 4.68. The van der Waals surface area contributed by atoms with Crippen LogP contribution in [0.5, 0.6) is 0 Å². The molecule has 1 aromatic heterocycles. The second kappa shape index (κ2) is 4.56. The molecule has 3 fully saturated rings. The van der Waals surface area contributed by atoms with Gasteiger partial charge in [0, 0.05) is 38.1 Å². The standard InChI is InChI=1S/C14H21N3O2/c18-8-11-6-17(5-9-1-2-9)7-12(11)14-15-13(16-19-14)10-3-4-10/h9-12,18H,1-8H2/t11-,12+/m0/s1. The molecule has 1 aliphatic heterocycles. The van der Waals surface area contributed by atoms with E-state index in [0.29, 0.717) is 5.92 Å². The zero-order chi connectivity index (χ0) is 12.8. The van der Waals surface area contributed by atoms with Gasteiger partial charge in [-0.15, -0.1) is 0 Å². The average Bonchev–Trinajstić information content (AvgIpc) is 3.32. The molecule has 1 saturated heterocycles. The molecule has 0 spiro atoms. The van der Waals surface area contributed by atoms with Crippen LogP contribution in [0.2, 0.25) is 0 Å². The summed E-state index contributed by atoms with van der Waals surface area (Å²) in [5, 5.41) is 13.7. The van der Waals surface area contributed by atoms with E-state index in [0.717, 1.165) is 30.7 Å².